The third kappa shape index (κ3) is 2.53. The molecular formula is C15H23N3O. The molecule has 2 aliphatic rings. The molecule has 4 heteroatoms. The minimum absolute atomic E-state index is 0.209. The number of hydrogen-bond acceptors (Lipinski definition) is 2. The van der Waals surface area contributed by atoms with Gasteiger partial charge in [-0.05, 0) is 43.9 Å². The number of amides is 1. The molecule has 2 fully saturated rings. The summed E-state index contributed by atoms with van der Waals surface area (Å²) >= 11 is 0. The molecule has 1 amide bonds. The van der Waals surface area contributed by atoms with Crippen LogP contribution in [0.4, 0.5) is 0 Å². The first-order chi connectivity index (χ1) is 9.13. The standard InChI is InChI=1S/C15H23N3O/c1-10-14(9-17-18(10)2)8-16-15(19)7-13-6-11-3-4-12(13)5-11/h9,11-13H,3-8H2,1-2H3,(H,16,19). The lowest BCUT2D eigenvalue weighted by atomic mass is 9.86. The number of aryl methyl sites for hydroxylation is 1. The van der Waals surface area contributed by atoms with Crippen molar-refractivity contribution in [1.82, 2.24) is 15.1 Å². The molecule has 1 aromatic heterocycles. The van der Waals surface area contributed by atoms with Gasteiger partial charge < -0.3 is 5.32 Å². The minimum Gasteiger partial charge on any atom is -0.352 e. The molecule has 3 rings (SSSR count). The Morgan fingerprint density at radius 3 is 2.89 bits per heavy atom. The Morgan fingerprint density at radius 1 is 1.47 bits per heavy atom. The highest BCUT2D eigenvalue weighted by Crippen LogP contribution is 2.49. The highest BCUT2D eigenvalue weighted by atomic mass is 16.1. The van der Waals surface area contributed by atoms with Crippen LogP contribution in [0.15, 0.2) is 6.20 Å². The van der Waals surface area contributed by atoms with Gasteiger partial charge in [0, 0.05) is 31.3 Å². The van der Waals surface area contributed by atoms with E-state index >= 15 is 0 Å². The smallest absolute Gasteiger partial charge is 0.220 e. The topological polar surface area (TPSA) is 46.9 Å². The average molecular weight is 261 g/mol. The summed E-state index contributed by atoms with van der Waals surface area (Å²) in [5, 5.41) is 7.24. The van der Waals surface area contributed by atoms with Gasteiger partial charge in [-0.15, -0.1) is 0 Å². The Bertz CT molecular complexity index is 480. The van der Waals surface area contributed by atoms with Gasteiger partial charge >= 0.3 is 0 Å². The molecule has 3 atom stereocenters. The molecule has 1 heterocycles. The van der Waals surface area contributed by atoms with Gasteiger partial charge in [-0.25, -0.2) is 0 Å². The lowest BCUT2D eigenvalue weighted by Crippen LogP contribution is -2.27. The molecule has 104 valence electrons. The number of rotatable bonds is 4. The largest absolute Gasteiger partial charge is 0.352 e. The lowest BCUT2D eigenvalue weighted by Gasteiger charge is -2.20. The molecule has 1 aromatic rings. The molecule has 1 N–H and O–H groups in total. The molecule has 3 unspecified atom stereocenters. The number of fused-ring (bicyclic) bond motifs is 2. The van der Waals surface area contributed by atoms with Crippen molar-refractivity contribution in [2.24, 2.45) is 24.8 Å². The van der Waals surface area contributed by atoms with Gasteiger partial charge in [0.1, 0.15) is 0 Å². The fourth-order valence-electron chi connectivity index (χ4n) is 3.85. The first-order valence-electron chi connectivity index (χ1n) is 7.37. The highest BCUT2D eigenvalue weighted by molar-refractivity contribution is 5.76. The first-order valence-corrected chi connectivity index (χ1v) is 7.37. The second-order valence-electron chi connectivity index (χ2n) is 6.29. The number of nitrogens with one attached hydrogen (secondary N) is 1. The molecule has 0 saturated heterocycles. The van der Waals surface area contributed by atoms with Crippen LogP contribution in [-0.2, 0) is 18.4 Å². The van der Waals surface area contributed by atoms with E-state index in [1.807, 2.05) is 24.9 Å². The summed E-state index contributed by atoms with van der Waals surface area (Å²) < 4.78 is 1.84. The van der Waals surface area contributed by atoms with Crippen molar-refractivity contribution in [1.29, 1.82) is 0 Å². The molecule has 0 spiro atoms. The Kier molecular flexibility index (Phi) is 3.33. The Balaban J connectivity index is 1.48. The number of nitrogens with zero attached hydrogens (tertiary/aromatic N) is 2. The average Bonchev–Trinajstić information content (AvgIpc) is 3.06. The van der Waals surface area contributed by atoms with E-state index in [4.69, 9.17) is 0 Å². The fraction of sp³-hybridized carbons (Fsp3) is 0.733. The molecule has 2 bridgehead atoms. The van der Waals surface area contributed by atoms with Gasteiger partial charge in [-0.1, -0.05) is 6.42 Å². The van der Waals surface area contributed by atoms with E-state index in [-0.39, 0.29) is 5.91 Å². The molecule has 0 aliphatic heterocycles. The number of aromatic nitrogens is 2. The van der Waals surface area contributed by atoms with Gasteiger partial charge in [-0.2, -0.15) is 5.10 Å². The minimum atomic E-state index is 0.209. The summed E-state index contributed by atoms with van der Waals surface area (Å²) in [5.74, 6) is 2.61. The van der Waals surface area contributed by atoms with E-state index in [9.17, 15) is 4.79 Å². The zero-order valence-electron chi connectivity index (χ0n) is 11.9. The maximum absolute atomic E-state index is 12.0. The maximum Gasteiger partial charge on any atom is 0.220 e. The van der Waals surface area contributed by atoms with Crippen LogP contribution in [-0.4, -0.2) is 15.7 Å². The lowest BCUT2D eigenvalue weighted by molar-refractivity contribution is -0.122. The summed E-state index contributed by atoms with van der Waals surface area (Å²) in [7, 11) is 1.93. The van der Waals surface area contributed by atoms with Crippen molar-refractivity contribution in [2.45, 2.75) is 45.6 Å². The van der Waals surface area contributed by atoms with Gasteiger partial charge in [-0.3, -0.25) is 9.48 Å². The quantitative estimate of drug-likeness (QED) is 0.903. The van der Waals surface area contributed by atoms with Crippen molar-refractivity contribution in [3.63, 3.8) is 0 Å². The molecule has 0 radical (unpaired) electrons. The van der Waals surface area contributed by atoms with E-state index in [0.717, 1.165) is 29.5 Å². The Hall–Kier alpha value is -1.32. The third-order valence-electron chi connectivity index (χ3n) is 5.15. The van der Waals surface area contributed by atoms with Crippen molar-refractivity contribution >= 4 is 5.91 Å². The normalized spacial score (nSPS) is 28.8. The molecule has 0 aromatic carbocycles. The van der Waals surface area contributed by atoms with E-state index < -0.39 is 0 Å². The van der Waals surface area contributed by atoms with Crippen molar-refractivity contribution in [3.8, 4) is 0 Å². The van der Waals surface area contributed by atoms with Crippen molar-refractivity contribution in [3.05, 3.63) is 17.5 Å². The van der Waals surface area contributed by atoms with Crippen LogP contribution in [0.1, 0.15) is 43.4 Å². The molecule has 2 saturated carbocycles. The van der Waals surface area contributed by atoms with Crippen LogP contribution < -0.4 is 5.32 Å². The first kappa shape index (κ1) is 12.7. The zero-order chi connectivity index (χ0) is 13.4. The summed E-state index contributed by atoms with van der Waals surface area (Å²) in [6, 6.07) is 0. The van der Waals surface area contributed by atoms with Crippen molar-refractivity contribution < 1.29 is 4.79 Å². The maximum atomic E-state index is 12.0. The Labute approximate surface area is 114 Å². The predicted molar refractivity (Wildman–Crippen MR) is 73.3 cm³/mol. The summed E-state index contributed by atoms with van der Waals surface area (Å²) in [6.07, 6.45) is 7.97. The second-order valence-corrected chi connectivity index (χ2v) is 6.29. The van der Waals surface area contributed by atoms with Crippen LogP contribution >= 0.6 is 0 Å². The van der Waals surface area contributed by atoms with Crippen LogP contribution in [0, 0.1) is 24.7 Å². The molecule has 19 heavy (non-hydrogen) atoms. The molecule has 2 aliphatic carbocycles. The van der Waals surface area contributed by atoms with Crippen LogP contribution in [0.3, 0.4) is 0 Å². The van der Waals surface area contributed by atoms with E-state index in [0.29, 0.717) is 12.5 Å². The fourth-order valence-corrected chi connectivity index (χ4v) is 3.85. The second kappa shape index (κ2) is 4.99. The third-order valence-corrected chi connectivity index (χ3v) is 5.15. The van der Waals surface area contributed by atoms with Crippen LogP contribution in [0.5, 0.6) is 0 Å². The number of hydrogen-bond donors (Lipinski definition) is 1. The van der Waals surface area contributed by atoms with Gasteiger partial charge in [0.2, 0.25) is 5.91 Å². The zero-order valence-corrected chi connectivity index (χ0v) is 11.9. The van der Waals surface area contributed by atoms with Gasteiger partial charge in [0.25, 0.3) is 0 Å². The SMILES string of the molecule is Cc1c(CNC(=O)CC2CC3CCC2C3)cnn1C. The van der Waals surface area contributed by atoms with Gasteiger partial charge in [0.05, 0.1) is 6.20 Å². The molecular weight excluding hydrogens is 238 g/mol. The van der Waals surface area contributed by atoms with E-state index in [2.05, 4.69) is 10.4 Å². The highest BCUT2D eigenvalue weighted by Gasteiger charge is 2.39. The molecule has 4 nitrogen and oxygen atoms in total. The van der Waals surface area contributed by atoms with Crippen molar-refractivity contribution in [2.75, 3.05) is 0 Å². The van der Waals surface area contributed by atoms with E-state index in [1.165, 1.54) is 25.7 Å². The Morgan fingerprint density at radius 2 is 2.32 bits per heavy atom. The predicted octanol–water partition coefficient (Wildman–Crippen LogP) is 2.17. The summed E-state index contributed by atoms with van der Waals surface area (Å²) in [6.45, 7) is 2.64. The van der Waals surface area contributed by atoms with Gasteiger partial charge in [0.15, 0.2) is 0 Å². The van der Waals surface area contributed by atoms with E-state index in [1.54, 1.807) is 0 Å². The summed E-state index contributed by atoms with van der Waals surface area (Å²) in [5.41, 5.74) is 2.24. The monoisotopic (exact) mass is 261 g/mol. The number of carbonyl (C=O) groups is 1. The summed E-state index contributed by atoms with van der Waals surface area (Å²) in [4.78, 5) is 12.0. The van der Waals surface area contributed by atoms with Crippen LogP contribution in [0.2, 0.25) is 0 Å². The van der Waals surface area contributed by atoms with Crippen LogP contribution in [0.25, 0.3) is 0 Å². The number of carbonyl (C=O) groups excluding carboxylic acids is 1.